The summed E-state index contributed by atoms with van der Waals surface area (Å²) < 4.78 is 0. The minimum Gasteiger partial charge on any atom is -0.357 e. The van der Waals surface area contributed by atoms with E-state index in [1.54, 1.807) is 0 Å². The average molecular weight is 261 g/mol. The molecule has 1 unspecified atom stereocenters. The van der Waals surface area contributed by atoms with Crippen molar-refractivity contribution in [1.82, 2.24) is 4.98 Å². The molecule has 1 aliphatic heterocycles. The topological polar surface area (TPSA) is 42.1 Å². The molecule has 2 heterocycles. The molecule has 0 saturated carbocycles. The first kappa shape index (κ1) is 14.3. The van der Waals surface area contributed by atoms with E-state index in [-0.39, 0.29) is 0 Å². The van der Waals surface area contributed by atoms with Crippen molar-refractivity contribution in [2.24, 2.45) is 17.6 Å². The Bertz CT molecular complexity index is 372. The maximum Gasteiger partial charge on any atom is 0.128 e. The number of hydrogen-bond donors (Lipinski definition) is 1. The fourth-order valence-corrected chi connectivity index (χ4v) is 2.94. The van der Waals surface area contributed by atoms with Crippen LogP contribution in [0.3, 0.4) is 0 Å². The lowest BCUT2D eigenvalue weighted by Crippen LogP contribution is -2.25. The molecule has 3 nitrogen and oxygen atoms in total. The van der Waals surface area contributed by atoms with Gasteiger partial charge < -0.3 is 10.6 Å². The van der Waals surface area contributed by atoms with E-state index in [1.807, 2.05) is 6.20 Å². The van der Waals surface area contributed by atoms with Gasteiger partial charge in [0, 0.05) is 19.3 Å². The molecular formula is C16H27N3. The van der Waals surface area contributed by atoms with Gasteiger partial charge in [-0.05, 0) is 55.7 Å². The van der Waals surface area contributed by atoms with E-state index in [9.17, 15) is 0 Å². The Morgan fingerprint density at radius 1 is 1.32 bits per heavy atom. The van der Waals surface area contributed by atoms with Crippen LogP contribution in [0.25, 0.3) is 0 Å². The second kappa shape index (κ2) is 6.90. The summed E-state index contributed by atoms with van der Waals surface area (Å²) in [6.07, 6.45) is 6.84. The predicted octanol–water partition coefficient (Wildman–Crippen LogP) is 2.85. The van der Waals surface area contributed by atoms with Crippen molar-refractivity contribution in [2.75, 3.05) is 24.5 Å². The van der Waals surface area contributed by atoms with E-state index in [1.165, 1.54) is 24.8 Å². The molecule has 0 aliphatic carbocycles. The first-order chi connectivity index (χ1) is 9.20. The number of aromatic nitrogens is 1. The van der Waals surface area contributed by atoms with E-state index in [2.05, 4.69) is 35.9 Å². The van der Waals surface area contributed by atoms with Crippen molar-refractivity contribution < 1.29 is 0 Å². The molecular weight excluding hydrogens is 234 g/mol. The molecule has 0 bridgehead atoms. The largest absolute Gasteiger partial charge is 0.357 e. The predicted molar refractivity (Wildman–Crippen MR) is 81.4 cm³/mol. The van der Waals surface area contributed by atoms with Crippen LogP contribution in [0, 0.1) is 11.8 Å². The molecule has 0 radical (unpaired) electrons. The van der Waals surface area contributed by atoms with Crippen LogP contribution in [0.2, 0.25) is 0 Å². The number of nitrogens with zero attached hydrogens (tertiary/aromatic N) is 2. The summed E-state index contributed by atoms with van der Waals surface area (Å²) in [5.41, 5.74) is 6.80. The van der Waals surface area contributed by atoms with Crippen LogP contribution in [0.5, 0.6) is 0 Å². The van der Waals surface area contributed by atoms with Crippen LogP contribution in [-0.2, 0) is 6.42 Å². The highest BCUT2D eigenvalue weighted by Crippen LogP contribution is 2.26. The zero-order valence-corrected chi connectivity index (χ0v) is 12.3. The quantitative estimate of drug-likeness (QED) is 0.906. The molecule has 3 heteroatoms. The highest BCUT2D eigenvalue weighted by Gasteiger charge is 2.20. The van der Waals surface area contributed by atoms with E-state index in [0.717, 1.165) is 37.2 Å². The second-order valence-corrected chi connectivity index (χ2v) is 5.99. The zero-order valence-electron chi connectivity index (χ0n) is 12.3. The van der Waals surface area contributed by atoms with Gasteiger partial charge in [0.25, 0.3) is 0 Å². The minimum atomic E-state index is 0.695. The normalized spacial score (nSPS) is 20.6. The van der Waals surface area contributed by atoms with Crippen molar-refractivity contribution in [1.29, 1.82) is 0 Å². The second-order valence-electron chi connectivity index (χ2n) is 5.99. The molecule has 2 rings (SSSR count). The summed E-state index contributed by atoms with van der Waals surface area (Å²) in [5.74, 6) is 2.81. The van der Waals surface area contributed by atoms with Gasteiger partial charge in [0.1, 0.15) is 5.82 Å². The maximum absolute atomic E-state index is 5.57. The Kier molecular flexibility index (Phi) is 5.20. The highest BCUT2D eigenvalue weighted by molar-refractivity contribution is 5.39. The Labute approximate surface area is 117 Å². The molecule has 106 valence electrons. The average Bonchev–Trinajstić information content (AvgIpc) is 2.66. The first-order valence-electron chi connectivity index (χ1n) is 7.60. The lowest BCUT2D eigenvalue weighted by Gasteiger charge is -2.22. The molecule has 1 aliphatic rings. The number of hydrogen-bond acceptors (Lipinski definition) is 3. The first-order valence-corrected chi connectivity index (χ1v) is 7.60. The van der Waals surface area contributed by atoms with Gasteiger partial charge in [0.2, 0.25) is 0 Å². The molecule has 0 spiro atoms. The van der Waals surface area contributed by atoms with Crippen molar-refractivity contribution >= 4 is 5.82 Å². The minimum absolute atomic E-state index is 0.695. The number of pyridine rings is 1. The smallest absolute Gasteiger partial charge is 0.128 e. The highest BCUT2D eigenvalue weighted by atomic mass is 15.2. The van der Waals surface area contributed by atoms with Gasteiger partial charge in [-0.3, -0.25) is 0 Å². The van der Waals surface area contributed by atoms with Crippen molar-refractivity contribution in [2.45, 2.75) is 39.5 Å². The monoisotopic (exact) mass is 261 g/mol. The summed E-state index contributed by atoms with van der Waals surface area (Å²) in [5, 5.41) is 0. The van der Waals surface area contributed by atoms with Crippen LogP contribution >= 0.6 is 0 Å². The van der Waals surface area contributed by atoms with Crippen LogP contribution in [0.4, 0.5) is 5.82 Å². The summed E-state index contributed by atoms with van der Waals surface area (Å²) in [6, 6.07) is 4.32. The van der Waals surface area contributed by atoms with E-state index in [0.29, 0.717) is 6.54 Å². The molecule has 0 amide bonds. The van der Waals surface area contributed by atoms with Crippen LogP contribution < -0.4 is 10.6 Å². The maximum atomic E-state index is 5.57. The Morgan fingerprint density at radius 3 is 2.79 bits per heavy atom. The molecule has 1 aromatic rings. The standard InChI is InChI=1S/C16H27N3/c1-13(2)15-4-3-10-19(11-8-15)16-6-5-14(7-9-17)12-18-16/h5-6,12-13,15H,3-4,7-11,17H2,1-2H3. The molecule has 1 saturated heterocycles. The zero-order chi connectivity index (χ0) is 13.7. The van der Waals surface area contributed by atoms with Gasteiger partial charge >= 0.3 is 0 Å². The van der Waals surface area contributed by atoms with Gasteiger partial charge in [-0.15, -0.1) is 0 Å². The van der Waals surface area contributed by atoms with Crippen LogP contribution in [0.15, 0.2) is 18.3 Å². The van der Waals surface area contributed by atoms with Crippen molar-refractivity contribution in [3.05, 3.63) is 23.9 Å². The Balaban J connectivity index is 1.97. The van der Waals surface area contributed by atoms with E-state index < -0.39 is 0 Å². The molecule has 2 N–H and O–H groups in total. The Morgan fingerprint density at radius 2 is 2.16 bits per heavy atom. The SMILES string of the molecule is CC(C)C1CCCN(c2ccc(CCN)cn2)CC1. The lowest BCUT2D eigenvalue weighted by atomic mass is 9.89. The molecule has 0 aromatic carbocycles. The molecule has 19 heavy (non-hydrogen) atoms. The van der Waals surface area contributed by atoms with Crippen LogP contribution in [0.1, 0.15) is 38.7 Å². The van der Waals surface area contributed by atoms with Gasteiger partial charge in [0.15, 0.2) is 0 Å². The van der Waals surface area contributed by atoms with Crippen molar-refractivity contribution in [3.8, 4) is 0 Å². The summed E-state index contributed by atoms with van der Waals surface area (Å²) >= 11 is 0. The van der Waals surface area contributed by atoms with Gasteiger partial charge in [-0.2, -0.15) is 0 Å². The third-order valence-corrected chi connectivity index (χ3v) is 4.28. The van der Waals surface area contributed by atoms with Gasteiger partial charge in [-0.1, -0.05) is 19.9 Å². The molecule has 1 fully saturated rings. The fourth-order valence-electron chi connectivity index (χ4n) is 2.94. The number of nitrogens with two attached hydrogens (primary N) is 1. The fraction of sp³-hybridized carbons (Fsp3) is 0.688. The summed E-state index contributed by atoms with van der Waals surface area (Å²) in [7, 11) is 0. The van der Waals surface area contributed by atoms with Crippen LogP contribution in [-0.4, -0.2) is 24.6 Å². The van der Waals surface area contributed by atoms with Gasteiger partial charge in [0.05, 0.1) is 0 Å². The third kappa shape index (κ3) is 3.93. The van der Waals surface area contributed by atoms with Gasteiger partial charge in [-0.25, -0.2) is 4.98 Å². The van der Waals surface area contributed by atoms with E-state index >= 15 is 0 Å². The molecule has 1 atom stereocenters. The van der Waals surface area contributed by atoms with Crippen molar-refractivity contribution in [3.63, 3.8) is 0 Å². The summed E-state index contributed by atoms with van der Waals surface area (Å²) in [6.45, 7) is 7.68. The lowest BCUT2D eigenvalue weighted by molar-refractivity contribution is 0.351. The molecule has 1 aromatic heterocycles. The number of anilines is 1. The number of rotatable bonds is 4. The van der Waals surface area contributed by atoms with E-state index in [4.69, 9.17) is 5.73 Å². The summed E-state index contributed by atoms with van der Waals surface area (Å²) in [4.78, 5) is 7.04. The third-order valence-electron chi connectivity index (χ3n) is 4.28. The Hall–Kier alpha value is -1.09.